The summed E-state index contributed by atoms with van der Waals surface area (Å²) in [5, 5.41) is 8.78. The number of carboxylic acid groups (broad SMARTS) is 1. The van der Waals surface area contributed by atoms with Crippen molar-refractivity contribution in [3.8, 4) is 11.5 Å². The van der Waals surface area contributed by atoms with Gasteiger partial charge in [-0.25, -0.2) is 0 Å². The maximum absolute atomic E-state index is 10.7. The second kappa shape index (κ2) is 7.50. The highest BCUT2D eigenvalue weighted by atomic mass is 79.9. The van der Waals surface area contributed by atoms with Crippen LogP contribution in [0.15, 0.2) is 10.5 Å². The Morgan fingerprint density at radius 3 is 2.55 bits per heavy atom. The molecule has 0 aromatic heterocycles. The lowest BCUT2D eigenvalue weighted by Gasteiger charge is -2.21. The Labute approximate surface area is 127 Å². The summed E-state index contributed by atoms with van der Waals surface area (Å²) in [6.45, 7) is 2.03. The number of hydrogen-bond acceptors (Lipinski definition) is 4. The molecule has 0 heterocycles. The highest BCUT2D eigenvalue weighted by Gasteiger charge is 2.22. The molecule has 3 N–H and O–H groups in total. The molecule has 1 aromatic rings. The van der Waals surface area contributed by atoms with Gasteiger partial charge in [-0.1, -0.05) is 22.9 Å². The number of ether oxygens (including phenoxy) is 2. The lowest BCUT2D eigenvalue weighted by atomic mass is 9.98. The van der Waals surface area contributed by atoms with E-state index in [0.29, 0.717) is 17.9 Å². The molecule has 0 saturated heterocycles. The second-order valence-electron chi connectivity index (χ2n) is 4.39. The van der Waals surface area contributed by atoms with Crippen LogP contribution in [-0.2, 0) is 11.2 Å². The molecule has 20 heavy (non-hydrogen) atoms. The van der Waals surface area contributed by atoms with E-state index >= 15 is 0 Å². The van der Waals surface area contributed by atoms with Crippen LogP contribution in [0.3, 0.4) is 0 Å². The van der Waals surface area contributed by atoms with E-state index in [1.807, 2.05) is 13.0 Å². The van der Waals surface area contributed by atoms with Crippen molar-refractivity contribution in [2.45, 2.75) is 32.2 Å². The lowest BCUT2D eigenvalue weighted by molar-refractivity contribution is -0.137. The predicted octanol–water partition coefficient (Wildman–Crippen LogP) is 2.89. The minimum absolute atomic E-state index is 0.00935. The molecule has 0 aliphatic heterocycles. The minimum Gasteiger partial charge on any atom is -0.493 e. The summed E-state index contributed by atoms with van der Waals surface area (Å²) in [5.41, 5.74) is 7.94. The molecule has 1 aromatic carbocycles. The molecule has 0 aliphatic carbocycles. The molecule has 0 bridgehead atoms. The van der Waals surface area contributed by atoms with Gasteiger partial charge >= 0.3 is 5.97 Å². The lowest BCUT2D eigenvalue weighted by Crippen LogP contribution is -2.15. The summed E-state index contributed by atoms with van der Waals surface area (Å²) < 4.78 is 11.6. The SMILES string of the molecule is CCc1cc(OC)c(OC)c(C(N)CCC(=O)O)c1Br. The van der Waals surface area contributed by atoms with Gasteiger partial charge in [-0.05, 0) is 24.5 Å². The fraction of sp³-hybridized carbons (Fsp3) is 0.500. The normalized spacial score (nSPS) is 12.1. The topological polar surface area (TPSA) is 81.8 Å². The van der Waals surface area contributed by atoms with E-state index in [-0.39, 0.29) is 6.42 Å². The highest BCUT2D eigenvalue weighted by Crippen LogP contribution is 2.42. The van der Waals surface area contributed by atoms with Crippen molar-refractivity contribution in [2.75, 3.05) is 14.2 Å². The summed E-state index contributed by atoms with van der Waals surface area (Å²) in [7, 11) is 3.11. The molecule has 0 amide bonds. The second-order valence-corrected chi connectivity index (χ2v) is 5.18. The number of methoxy groups -OCH3 is 2. The van der Waals surface area contributed by atoms with Crippen LogP contribution in [-0.4, -0.2) is 25.3 Å². The first kappa shape index (κ1) is 16.8. The van der Waals surface area contributed by atoms with E-state index in [0.717, 1.165) is 22.0 Å². The fourth-order valence-corrected chi connectivity index (χ4v) is 2.94. The van der Waals surface area contributed by atoms with Gasteiger partial charge in [0.2, 0.25) is 0 Å². The Hall–Kier alpha value is -1.27. The average molecular weight is 346 g/mol. The summed E-state index contributed by atoms with van der Waals surface area (Å²) in [6.07, 6.45) is 1.15. The predicted molar refractivity (Wildman–Crippen MR) is 80.4 cm³/mol. The molecule has 6 heteroatoms. The van der Waals surface area contributed by atoms with Gasteiger partial charge in [-0.3, -0.25) is 4.79 Å². The van der Waals surface area contributed by atoms with Crippen LogP contribution in [0.1, 0.15) is 36.9 Å². The molecule has 5 nitrogen and oxygen atoms in total. The number of carboxylic acids is 1. The first-order chi connectivity index (χ1) is 9.46. The van der Waals surface area contributed by atoms with Gasteiger partial charge in [-0.2, -0.15) is 0 Å². The maximum atomic E-state index is 10.7. The van der Waals surface area contributed by atoms with E-state index in [1.165, 1.54) is 0 Å². The number of aliphatic carboxylic acids is 1. The van der Waals surface area contributed by atoms with Gasteiger partial charge in [0.15, 0.2) is 11.5 Å². The van der Waals surface area contributed by atoms with E-state index in [9.17, 15) is 4.79 Å². The Balaban J connectivity index is 3.29. The van der Waals surface area contributed by atoms with Crippen molar-refractivity contribution < 1.29 is 19.4 Å². The standard InChI is InChI=1S/C14H20BrNO4/c1-4-8-7-10(19-2)14(20-3)12(13(8)15)9(16)5-6-11(17)18/h7,9H,4-6,16H2,1-3H3,(H,17,18). The van der Waals surface area contributed by atoms with Crippen LogP contribution in [0.25, 0.3) is 0 Å². The zero-order chi connectivity index (χ0) is 15.3. The molecular weight excluding hydrogens is 326 g/mol. The number of halogens is 1. The molecule has 0 aliphatic rings. The van der Waals surface area contributed by atoms with Crippen molar-refractivity contribution >= 4 is 21.9 Å². The van der Waals surface area contributed by atoms with Crippen molar-refractivity contribution in [3.05, 3.63) is 21.7 Å². The summed E-state index contributed by atoms with van der Waals surface area (Å²) in [5.74, 6) is 0.289. The third-order valence-electron chi connectivity index (χ3n) is 3.14. The first-order valence-corrected chi connectivity index (χ1v) is 7.16. The number of carbonyl (C=O) groups is 1. The molecule has 0 saturated carbocycles. The molecule has 1 rings (SSSR count). The number of hydrogen-bond donors (Lipinski definition) is 2. The van der Waals surface area contributed by atoms with Gasteiger partial charge in [0.1, 0.15) is 0 Å². The van der Waals surface area contributed by atoms with Crippen LogP contribution < -0.4 is 15.2 Å². The van der Waals surface area contributed by atoms with Crippen LogP contribution in [0, 0.1) is 0 Å². The smallest absolute Gasteiger partial charge is 0.303 e. The van der Waals surface area contributed by atoms with Gasteiger partial charge in [0, 0.05) is 22.5 Å². The molecule has 0 fully saturated rings. The number of benzene rings is 1. The van der Waals surface area contributed by atoms with Gasteiger partial charge < -0.3 is 20.3 Å². The van der Waals surface area contributed by atoms with Crippen LogP contribution in [0.2, 0.25) is 0 Å². The largest absolute Gasteiger partial charge is 0.493 e. The molecule has 0 radical (unpaired) electrons. The van der Waals surface area contributed by atoms with Crippen molar-refractivity contribution in [3.63, 3.8) is 0 Å². The number of nitrogens with two attached hydrogens (primary N) is 1. The quantitative estimate of drug-likeness (QED) is 0.793. The molecule has 112 valence electrons. The van der Waals surface area contributed by atoms with Gasteiger partial charge in [-0.15, -0.1) is 0 Å². The Kier molecular flexibility index (Phi) is 6.29. The summed E-state index contributed by atoms with van der Waals surface area (Å²) >= 11 is 3.54. The minimum atomic E-state index is -0.867. The Bertz CT molecular complexity index is 491. The maximum Gasteiger partial charge on any atom is 0.303 e. The van der Waals surface area contributed by atoms with Crippen molar-refractivity contribution in [2.24, 2.45) is 5.73 Å². The first-order valence-electron chi connectivity index (χ1n) is 6.36. The van der Waals surface area contributed by atoms with Crippen LogP contribution in [0.4, 0.5) is 0 Å². The van der Waals surface area contributed by atoms with E-state index in [4.69, 9.17) is 20.3 Å². The molecule has 0 spiro atoms. The molecule has 1 unspecified atom stereocenters. The Morgan fingerprint density at radius 1 is 1.45 bits per heavy atom. The number of aryl methyl sites for hydroxylation is 1. The van der Waals surface area contributed by atoms with E-state index < -0.39 is 12.0 Å². The zero-order valence-corrected chi connectivity index (χ0v) is 13.5. The molecule has 1 atom stereocenters. The average Bonchev–Trinajstić information content (AvgIpc) is 2.43. The number of rotatable bonds is 7. The summed E-state index contributed by atoms with van der Waals surface area (Å²) in [4.78, 5) is 10.7. The third kappa shape index (κ3) is 3.64. The zero-order valence-electron chi connectivity index (χ0n) is 11.9. The summed E-state index contributed by atoms with van der Waals surface area (Å²) in [6, 6.07) is 1.46. The highest BCUT2D eigenvalue weighted by molar-refractivity contribution is 9.10. The van der Waals surface area contributed by atoms with Gasteiger partial charge in [0.05, 0.1) is 14.2 Å². The third-order valence-corrected chi connectivity index (χ3v) is 4.07. The Morgan fingerprint density at radius 2 is 2.10 bits per heavy atom. The van der Waals surface area contributed by atoms with E-state index in [1.54, 1.807) is 14.2 Å². The van der Waals surface area contributed by atoms with Crippen LogP contribution >= 0.6 is 15.9 Å². The fourth-order valence-electron chi connectivity index (χ4n) is 2.07. The monoisotopic (exact) mass is 345 g/mol. The van der Waals surface area contributed by atoms with Crippen LogP contribution in [0.5, 0.6) is 11.5 Å². The molecular formula is C14H20BrNO4. The van der Waals surface area contributed by atoms with Crippen molar-refractivity contribution in [1.82, 2.24) is 0 Å². The van der Waals surface area contributed by atoms with Crippen molar-refractivity contribution in [1.29, 1.82) is 0 Å². The van der Waals surface area contributed by atoms with Gasteiger partial charge in [0.25, 0.3) is 0 Å². The van der Waals surface area contributed by atoms with E-state index in [2.05, 4.69) is 15.9 Å².